The van der Waals surface area contributed by atoms with E-state index in [4.69, 9.17) is 4.74 Å². The van der Waals surface area contributed by atoms with Crippen LogP contribution in [0.25, 0.3) is 0 Å². The fraction of sp³-hybridized carbons (Fsp3) is 0.378. The van der Waals surface area contributed by atoms with Gasteiger partial charge in [-0.25, -0.2) is 4.39 Å². The maximum absolute atomic E-state index is 15.3. The molecule has 0 saturated carbocycles. The number of aromatic hydroxyl groups is 1. The number of unbranched alkanes of at least 4 members (excludes halogenated alkanes) is 2. The first-order valence-electron chi connectivity index (χ1n) is 19.5. The lowest BCUT2D eigenvalue weighted by molar-refractivity contribution is -0.126. The number of allylic oxidation sites excluding steroid dienone is 1. The Balaban J connectivity index is 0.786. The number of nitrogens with zero attached hydrogens (tertiary/aromatic N) is 3. The zero-order valence-electron chi connectivity index (χ0n) is 30.8. The number of hydrogen-bond donors (Lipinski definition) is 2. The molecular weight excluding hydrogens is 680 g/mol. The van der Waals surface area contributed by atoms with Crippen LogP contribution in [-0.2, 0) is 17.8 Å². The number of piperazine rings is 1. The molecule has 2 N–H and O–H groups in total. The number of piperidine rings is 1. The van der Waals surface area contributed by atoms with E-state index >= 15 is 4.39 Å². The molecule has 280 valence electrons. The maximum atomic E-state index is 15.3. The molecule has 2 saturated heterocycles. The quantitative estimate of drug-likeness (QED) is 0.156. The molecule has 4 aromatic rings. The highest BCUT2D eigenvalue weighted by molar-refractivity contribution is 6.02. The van der Waals surface area contributed by atoms with Gasteiger partial charge in [-0.05, 0) is 122 Å². The molecule has 4 aliphatic rings. The maximum Gasteiger partial charge on any atom is 0.255 e. The first kappa shape index (κ1) is 35.9. The minimum Gasteiger partial charge on any atom is -0.508 e. The number of halogens is 1. The smallest absolute Gasteiger partial charge is 0.255 e. The standard InChI is InChI=1S/C45H49FN4O4/c1-30-10-19-41(44(52)47-30)50-29-34-27-40(46)42(28-39(34)45(50)53)49-23-21-48(22-24-49)20-6-3-7-25-54-36-15-11-32(12-16-36)43-37(31-8-4-2-5-9-31)17-13-33-26-35(51)14-18-38(33)43/h2,4-5,8-9,11-12,14-16,18,26-28,37,41,43,51H,1,3,6-7,10,13,17,19-25,29H2,(H,47,52)/t37-,41?,43+/m1/s1. The van der Waals surface area contributed by atoms with Gasteiger partial charge < -0.3 is 25.0 Å². The highest BCUT2D eigenvalue weighted by Crippen LogP contribution is 2.47. The molecule has 4 aromatic carbocycles. The predicted molar refractivity (Wildman–Crippen MR) is 208 cm³/mol. The van der Waals surface area contributed by atoms with Gasteiger partial charge in [0.25, 0.3) is 5.91 Å². The van der Waals surface area contributed by atoms with Gasteiger partial charge in [0.05, 0.1) is 12.3 Å². The number of anilines is 1. The molecule has 2 amide bonds. The summed E-state index contributed by atoms with van der Waals surface area (Å²) in [4.78, 5) is 31.9. The lowest BCUT2D eigenvalue weighted by Gasteiger charge is -2.36. The Morgan fingerprint density at radius 2 is 1.63 bits per heavy atom. The summed E-state index contributed by atoms with van der Waals surface area (Å²) in [6.07, 6.45) is 6.26. The van der Waals surface area contributed by atoms with Crippen molar-refractivity contribution in [3.63, 3.8) is 0 Å². The summed E-state index contributed by atoms with van der Waals surface area (Å²) in [5.41, 5.74) is 7.41. The second-order valence-corrected chi connectivity index (χ2v) is 15.3. The molecule has 3 atom stereocenters. The number of fused-ring (bicyclic) bond motifs is 2. The normalized spacial score (nSPS) is 21.5. The van der Waals surface area contributed by atoms with Crippen molar-refractivity contribution in [1.29, 1.82) is 0 Å². The molecule has 0 aromatic heterocycles. The Bertz CT molecular complexity index is 2010. The SMILES string of the molecule is C=C1CCC(N2Cc3cc(F)c(N4CCN(CCCCCOc5ccc([C@@H]6c7ccc(O)cc7CC[C@@H]6c6ccccc6)cc5)CC4)cc3C2=O)C(=O)N1. The fourth-order valence-electron chi connectivity index (χ4n) is 8.96. The van der Waals surface area contributed by atoms with Crippen LogP contribution in [-0.4, -0.2) is 72.1 Å². The highest BCUT2D eigenvalue weighted by atomic mass is 19.1. The zero-order chi connectivity index (χ0) is 37.2. The van der Waals surface area contributed by atoms with Gasteiger partial charge in [-0.15, -0.1) is 0 Å². The summed E-state index contributed by atoms with van der Waals surface area (Å²) < 4.78 is 21.5. The van der Waals surface area contributed by atoms with Crippen LogP contribution in [0.15, 0.2) is 97.2 Å². The summed E-state index contributed by atoms with van der Waals surface area (Å²) in [6.45, 7) is 8.80. The van der Waals surface area contributed by atoms with Crippen LogP contribution in [0, 0.1) is 5.82 Å². The third-order valence-corrected chi connectivity index (χ3v) is 11.9. The Hall–Kier alpha value is -5.15. The van der Waals surface area contributed by atoms with Crippen LogP contribution in [0.2, 0.25) is 0 Å². The molecule has 3 heterocycles. The molecule has 8 rings (SSSR count). The Morgan fingerprint density at radius 1 is 0.833 bits per heavy atom. The van der Waals surface area contributed by atoms with E-state index in [-0.39, 0.29) is 30.1 Å². The minimum atomic E-state index is -0.555. The van der Waals surface area contributed by atoms with Crippen molar-refractivity contribution >= 4 is 17.5 Å². The van der Waals surface area contributed by atoms with Gasteiger partial charge in [0, 0.05) is 49.9 Å². The molecule has 1 aliphatic carbocycles. The largest absolute Gasteiger partial charge is 0.508 e. The molecule has 8 nitrogen and oxygen atoms in total. The van der Waals surface area contributed by atoms with Crippen molar-refractivity contribution in [2.24, 2.45) is 0 Å². The predicted octanol–water partition coefficient (Wildman–Crippen LogP) is 7.51. The van der Waals surface area contributed by atoms with Crippen LogP contribution >= 0.6 is 0 Å². The summed E-state index contributed by atoms with van der Waals surface area (Å²) in [5.74, 6) is 1.06. The molecule has 0 spiro atoms. The van der Waals surface area contributed by atoms with E-state index in [1.165, 1.54) is 28.3 Å². The van der Waals surface area contributed by atoms with Gasteiger partial charge in [0.2, 0.25) is 5.91 Å². The third kappa shape index (κ3) is 7.47. The molecule has 1 unspecified atom stereocenters. The van der Waals surface area contributed by atoms with Gasteiger partial charge in [-0.2, -0.15) is 0 Å². The molecule has 0 bridgehead atoms. The molecule has 3 aliphatic heterocycles. The molecular formula is C45H49FN4O4. The van der Waals surface area contributed by atoms with Crippen molar-refractivity contribution in [2.75, 3.05) is 44.2 Å². The number of carbonyl (C=O) groups excluding carboxylic acids is 2. The number of benzene rings is 4. The van der Waals surface area contributed by atoms with Crippen LogP contribution < -0.4 is 15.0 Å². The third-order valence-electron chi connectivity index (χ3n) is 11.9. The molecule has 2 fully saturated rings. The van der Waals surface area contributed by atoms with E-state index in [1.54, 1.807) is 11.0 Å². The van der Waals surface area contributed by atoms with Gasteiger partial charge >= 0.3 is 0 Å². The van der Waals surface area contributed by atoms with Crippen molar-refractivity contribution in [1.82, 2.24) is 15.1 Å². The lowest BCUT2D eigenvalue weighted by Crippen LogP contribution is -2.49. The van der Waals surface area contributed by atoms with E-state index in [0.717, 1.165) is 57.5 Å². The average molecular weight is 729 g/mol. The number of aryl methyl sites for hydroxylation is 1. The number of phenolic OH excluding ortho intramolecular Hbond substituents is 1. The fourth-order valence-corrected chi connectivity index (χ4v) is 8.96. The summed E-state index contributed by atoms with van der Waals surface area (Å²) in [5, 5.41) is 12.9. The summed E-state index contributed by atoms with van der Waals surface area (Å²) in [6, 6.07) is 27.8. The number of amides is 2. The minimum absolute atomic E-state index is 0.205. The molecule has 0 radical (unpaired) electrons. The van der Waals surface area contributed by atoms with Crippen molar-refractivity contribution in [3.8, 4) is 11.5 Å². The number of rotatable bonds is 11. The monoisotopic (exact) mass is 728 g/mol. The zero-order valence-corrected chi connectivity index (χ0v) is 30.8. The Morgan fingerprint density at radius 3 is 2.41 bits per heavy atom. The topological polar surface area (TPSA) is 85.4 Å². The Labute approximate surface area is 317 Å². The first-order valence-corrected chi connectivity index (χ1v) is 19.5. The Kier molecular flexibility index (Phi) is 10.4. The number of ether oxygens (including phenoxy) is 1. The van der Waals surface area contributed by atoms with E-state index in [0.29, 0.717) is 66.7 Å². The van der Waals surface area contributed by atoms with Gasteiger partial charge in [0.1, 0.15) is 23.4 Å². The van der Waals surface area contributed by atoms with Crippen molar-refractivity contribution in [2.45, 2.75) is 69.4 Å². The van der Waals surface area contributed by atoms with Gasteiger partial charge in [-0.3, -0.25) is 14.5 Å². The second-order valence-electron chi connectivity index (χ2n) is 15.3. The van der Waals surface area contributed by atoms with E-state index in [2.05, 4.69) is 77.5 Å². The van der Waals surface area contributed by atoms with E-state index in [9.17, 15) is 14.7 Å². The van der Waals surface area contributed by atoms with E-state index in [1.807, 2.05) is 17.0 Å². The van der Waals surface area contributed by atoms with Crippen LogP contribution in [0.3, 0.4) is 0 Å². The summed E-state index contributed by atoms with van der Waals surface area (Å²) >= 11 is 0. The van der Waals surface area contributed by atoms with Crippen LogP contribution in [0.4, 0.5) is 10.1 Å². The van der Waals surface area contributed by atoms with Gasteiger partial charge in [-0.1, -0.05) is 55.1 Å². The number of carbonyl (C=O) groups is 2. The first-order chi connectivity index (χ1) is 26.3. The van der Waals surface area contributed by atoms with Crippen molar-refractivity contribution in [3.05, 3.63) is 136 Å². The number of phenols is 1. The number of nitrogens with one attached hydrogen (secondary N) is 1. The summed E-state index contributed by atoms with van der Waals surface area (Å²) in [7, 11) is 0. The van der Waals surface area contributed by atoms with Crippen LogP contribution in [0.5, 0.6) is 11.5 Å². The average Bonchev–Trinajstić information content (AvgIpc) is 3.50. The second kappa shape index (κ2) is 15.7. The molecule has 9 heteroatoms. The van der Waals surface area contributed by atoms with Crippen molar-refractivity contribution < 1.29 is 23.8 Å². The highest BCUT2D eigenvalue weighted by Gasteiger charge is 2.39. The van der Waals surface area contributed by atoms with Crippen LogP contribution in [0.1, 0.15) is 88.5 Å². The van der Waals surface area contributed by atoms with E-state index < -0.39 is 6.04 Å². The number of hydrogen-bond acceptors (Lipinski definition) is 6. The lowest BCUT2D eigenvalue weighted by atomic mass is 9.69. The molecule has 54 heavy (non-hydrogen) atoms. The van der Waals surface area contributed by atoms with Gasteiger partial charge in [0.15, 0.2) is 0 Å².